The van der Waals surface area contributed by atoms with Crippen molar-refractivity contribution < 1.29 is 30.3 Å². The van der Waals surface area contributed by atoms with Crippen LogP contribution in [0.15, 0.2) is 23.2 Å². The number of carboxylic acid groups (broad SMARTS) is 1. The maximum atomic E-state index is 10.5. The summed E-state index contributed by atoms with van der Waals surface area (Å²) in [4.78, 5) is 10.5. The van der Waals surface area contributed by atoms with Crippen molar-refractivity contribution in [3.63, 3.8) is 0 Å². The lowest BCUT2D eigenvalue weighted by atomic mass is 9.65. The summed E-state index contributed by atoms with van der Waals surface area (Å²) >= 11 is 0. The number of carboxylic acids is 1. The Bertz CT molecular complexity index is 524. The van der Waals surface area contributed by atoms with E-state index in [0.29, 0.717) is 12.0 Å². The fraction of sp³-hybridized carbons (Fsp3) is 0.722. The Balaban J connectivity index is 2.01. The highest BCUT2D eigenvalue weighted by Crippen LogP contribution is 2.46. The van der Waals surface area contributed by atoms with Gasteiger partial charge in [-0.05, 0) is 24.8 Å². The average molecular weight is 340 g/mol. The van der Waals surface area contributed by atoms with Crippen molar-refractivity contribution in [2.75, 3.05) is 0 Å². The van der Waals surface area contributed by atoms with Crippen LogP contribution in [-0.4, -0.2) is 43.7 Å². The first-order valence-electron chi connectivity index (χ1n) is 8.74. The van der Waals surface area contributed by atoms with E-state index < -0.39 is 18.2 Å². The van der Waals surface area contributed by atoms with Crippen LogP contribution < -0.4 is 0 Å². The van der Waals surface area contributed by atoms with Crippen LogP contribution in [0.3, 0.4) is 0 Å². The number of carbonyl (C=O) groups is 1. The molecule has 6 nitrogen and oxygen atoms in total. The SMILES string of the molecule is C[C@@H]1C(O)=CC2=C(O)[C@@H](O)C[C@H](O)[C@@H]2[C@@H]1CCCCCCC(=O)O. The van der Waals surface area contributed by atoms with Crippen molar-refractivity contribution in [3.8, 4) is 0 Å². The summed E-state index contributed by atoms with van der Waals surface area (Å²) in [5.74, 6) is -1.15. The number of hydrogen-bond acceptors (Lipinski definition) is 5. The number of allylic oxidation sites excluding steroid dienone is 2. The second kappa shape index (κ2) is 8.03. The molecule has 2 aliphatic carbocycles. The quantitative estimate of drug-likeness (QED) is 0.455. The fourth-order valence-electron chi connectivity index (χ4n) is 4.00. The van der Waals surface area contributed by atoms with Gasteiger partial charge < -0.3 is 25.5 Å². The highest BCUT2D eigenvalue weighted by Gasteiger charge is 2.44. The molecule has 0 fully saturated rings. The lowest BCUT2D eigenvalue weighted by Crippen LogP contribution is -2.43. The summed E-state index contributed by atoms with van der Waals surface area (Å²) in [6.07, 6.45) is 4.01. The van der Waals surface area contributed by atoms with Gasteiger partial charge in [0.2, 0.25) is 0 Å². The summed E-state index contributed by atoms with van der Waals surface area (Å²) in [5.41, 5.74) is 0.452. The lowest BCUT2D eigenvalue weighted by Gasteiger charge is -2.42. The van der Waals surface area contributed by atoms with Gasteiger partial charge in [-0.3, -0.25) is 4.79 Å². The highest BCUT2D eigenvalue weighted by molar-refractivity contribution is 5.66. The molecule has 6 heteroatoms. The molecule has 0 aromatic carbocycles. The molecule has 0 radical (unpaired) electrons. The number of rotatable bonds is 7. The molecule has 0 bridgehead atoms. The van der Waals surface area contributed by atoms with Crippen LogP contribution >= 0.6 is 0 Å². The Labute approximate surface area is 142 Å². The third-order valence-corrected chi connectivity index (χ3v) is 5.40. The second-order valence-electron chi connectivity index (χ2n) is 7.05. The van der Waals surface area contributed by atoms with Gasteiger partial charge in [0, 0.05) is 30.3 Å². The minimum atomic E-state index is -1.08. The number of unbranched alkanes of at least 4 members (excludes halogenated alkanes) is 3. The molecule has 136 valence electrons. The Morgan fingerprint density at radius 1 is 1.17 bits per heavy atom. The zero-order valence-electron chi connectivity index (χ0n) is 14.1. The molecule has 5 N–H and O–H groups in total. The third-order valence-electron chi connectivity index (χ3n) is 5.40. The van der Waals surface area contributed by atoms with Gasteiger partial charge in [-0.15, -0.1) is 0 Å². The molecule has 2 aliphatic rings. The Morgan fingerprint density at radius 2 is 1.83 bits per heavy atom. The number of hydrogen-bond donors (Lipinski definition) is 5. The monoisotopic (exact) mass is 340 g/mol. The van der Waals surface area contributed by atoms with Crippen molar-refractivity contribution >= 4 is 5.97 Å². The van der Waals surface area contributed by atoms with E-state index in [-0.39, 0.29) is 42.1 Å². The molecule has 2 rings (SSSR count). The van der Waals surface area contributed by atoms with Crippen LogP contribution in [0.5, 0.6) is 0 Å². The summed E-state index contributed by atoms with van der Waals surface area (Å²) in [7, 11) is 0. The predicted molar refractivity (Wildman–Crippen MR) is 88.5 cm³/mol. The van der Waals surface area contributed by atoms with Crippen molar-refractivity contribution in [2.45, 2.75) is 64.1 Å². The summed E-state index contributed by atoms with van der Waals surface area (Å²) in [6.45, 7) is 1.91. The van der Waals surface area contributed by atoms with Gasteiger partial charge in [0.25, 0.3) is 0 Å². The first kappa shape index (κ1) is 18.8. The third kappa shape index (κ3) is 4.11. The van der Waals surface area contributed by atoms with E-state index in [4.69, 9.17) is 5.11 Å². The molecule has 0 unspecified atom stereocenters. The molecule has 24 heavy (non-hydrogen) atoms. The Morgan fingerprint density at radius 3 is 2.50 bits per heavy atom. The molecule has 0 aliphatic heterocycles. The van der Waals surface area contributed by atoms with E-state index in [1.54, 1.807) is 0 Å². The zero-order chi connectivity index (χ0) is 17.9. The molecule has 5 atom stereocenters. The molecule has 0 aromatic rings. The second-order valence-corrected chi connectivity index (χ2v) is 7.05. The van der Waals surface area contributed by atoms with Gasteiger partial charge in [-0.25, -0.2) is 0 Å². The van der Waals surface area contributed by atoms with Gasteiger partial charge in [0.1, 0.15) is 11.9 Å². The average Bonchev–Trinajstić information content (AvgIpc) is 2.51. The van der Waals surface area contributed by atoms with Crippen LogP contribution in [0.2, 0.25) is 0 Å². The number of aliphatic carboxylic acids is 1. The van der Waals surface area contributed by atoms with E-state index in [1.165, 1.54) is 6.08 Å². The fourth-order valence-corrected chi connectivity index (χ4v) is 4.00. The maximum Gasteiger partial charge on any atom is 0.303 e. The van der Waals surface area contributed by atoms with Crippen molar-refractivity contribution in [2.24, 2.45) is 17.8 Å². The molecule has 0 heterocycles. The number of aliphatic hydroxyl groups excluding tert-OH is 4. The van der Waals surface area contributed by atoms with Crippen LogP contribution in [0.4, 0.5) is 0 Å². The smallest absolute Gasteiger partial charge is 0.303 e. The van der Waals surface area contributed by atoms with Gasteiger partial charge in [-0.1, -0.05) is 26.2 Å². The van der Waals surface area contributed by atoms with Crippen molar-refractivity contribution in [3.05, 3.63) is 23.2 Å². The van der Waals surface area contributed by atoms with Gasteiger partial charge in [-0.2, -0.15) is 0 Å². The molecular formula is C18H28O6. The highest BCUT2D eigenvalue weighted by atomic mass is 16.4. The van der Waals surface area contributed by atoms with Gasteiger partial charge >= 0.3 is 5.97 Å². The maximum absolute atomic E-state index is 10.5. The minimum absolute atomic E-state index is 0.00544. The summed E-state index contributed by atoms with van der Waals surface area (Å²) in [5, 5.41) is 49.1. The normalized spacial score (nSPS) is 33.1. The first-order valence-corrected chi connectivity index (χ1v) is 8.74. The van der Waals surface area contributed by atoms with Crippen molar-refractivity contribution in [1.82, 2.24) is 0 Å². The minimum Gasteiger partial charge on any atom is -0.512 e. The summed E-state index contributed by atoms with van der Waals surface area (Å²) in [6, 6.07) is 0. The largest absolute Gasteiger partial charge is 0.512 e. The van der Waals surface area contributed by atoms with Crippen LogP contribution in [0, 0.1) is 17.8 Å². The first-order chi connectivity index (χ1) is 11.3. The number of fused-ring (bicyclic) bond motifs is 1. The standard InChI is InChI=1S/C18H28O6/c1-10-11(6-4-2-3-5-7-16(22)23)17-12(8-13(10)19)18(24)15(21)9-14(17)20/h8,10-11,14-15,17,19-21,24H,2-7,9H2,1H3,(H,22,23)/t10-,11+,14-,15-,17+/m0/s1. The molecule has 0 amide bonds. The zero-order valence-corrected chi connectivity index (χ0v) is 14.1. The van der Waals surface area contributed by atoms with Gasteiger partial charge in [0.15, 0.2) is 0 Å². The van der Waals surface area contributed by atoms with Crippen LogP contribution in [0.25, 0.3) is 0 Å². The van der Waals surface area contributed by atoms with E-state index in [2.05, 4.69) is 0 Å². The molecular weight excluding hydrogens is 312 g/mol. The molecule has 0 saturated carbocycles. The Kier molecular flexibility index (Phi) is 6.29. The van der Waals surface area contributed by atoms with Gasteiger partial charge in [0.05, 0.1) is 11.9 Å². The lowest BCUT2D eigenvalue weighted by molar-refractivity contribution is -0.137. The summed E-state index contributed by atoms with van der Waals surface area (Å²) < 4.78 is 0. The molecule has 0 saturated heterocycles. The van der Waals surface area contributed by atoms with E-state index in [1.807, 2.05) is 6.92 Å². The molecule has 0 aromatic heterocycles. The topological polar surface area (TPSA) is 118 Å². The van der Waals surface area contributed by atoms with Crippen LogP contribution in [-0.2, 0) is 4.79 Å². The number of aliphatic hydroxyl groups is 4. The van der Waals surface area contributed by atoms with E-state index in [0.717, 1.165) is 25.7 Å². The predicted octanol–water partition coefficient (Wildman–Crippen LogP) is 2.67. The van der Waals surface area contributed by atoms with E-state index in [9.17, 15) is 25.2 Å². The Hall–Kier alpha value is -1.53. The van der Waals surface area contributed by atoms with Crippen LogP contribution in [0.1, 0.15) is 51.9 Å². The molecule has 0 spiro atoms. The van der Waals surface area contributed by atoms with Crippen molar-refractivity contribution in [1.29, 1.82) is 0 Å². The van der Waals surface area contributed by atoms with E-state index >= 15 is 0 Å².